The number of fused-ring (bicyclic) bond motifs is 1. The predicted octanol–water partition coefficient (Wildman–Crippen LogP) is 1.80. The highest BCUT2D eigenvalue weighted by Crippen LogP contribution is 2.52. The summed E-state index contributed by atoms with van der Waals surface area (Å²) in [6.07, 6.45) is 1.56. The first-order valence-corrected chi connectivity index (χ1v) is 6.92. The molecular formula is C15H17NO4. The Morgan fingerprint density at radius 3 is 2.25 bits per heavy atom. The highest BCUT2D eigenvalue weighted by atomic mass is 16.7. The van der Waals surface area contributed by atoms with E-state index in [4.69, 9.17) is 9.94 Å². The second-order valence-electron chi connectivity index (χ2n) is 5.44. The molecule has 3 rings (SSSR count). The van der Waals surface area contributed by atoms with Crippen LogP contribution in [0.25, 0.3) is 0 Å². The number of carbonyl (C=O) groups is 2. The van der Waals surface area contributed by atoms with Crippen LogP contribution in [-0.2, 0) is 9.63 Å². The molecule has 20 heavy (non-hydrogen) atoms. The SMILES string of the molecule is O=C(ON1CC[C@@H]2[C@H](CC1)[C@H]2C(=O)O)c1ccccc1. The van der Waals surface area contributed by atoms with Crippen LogP contribution in [0.2, 0.25) is 0 Å². The van der Waals surface area contributed by atoms with Gasteiger partial charge >= 0.3 is 11.9 Å². The molecule has 3 atom stereocenters. The van der Waals surface area contributed by atoms with E-state index in [0.717, 1.165) is 12.8 Å². The Labute approximate surface area is 117 Å². The third-order valence-electron chi connectivity index (χ3n) is 4.26. The van der Waals surface area contributed by atoms with Gasteiger partial charge in [0, 0.05) is 13.1 Å². The minimum atomic E-state index is -0.685. The fourth-order valence-electron chi connectivity index (χ4n) is 3.13. The Hall–Kier alpha value is -1.88. The highest BCUT2D eigenvalue weighted by Gasteiger charge is 2.55. The summed E-state index contributed by atoms with van der Waals surface area (Å²) in [6.45, 7) is 1.23. The van der Waals surface area contributed by atoms with E-state index in [0.29, 0.717) is 18.7 Å². The molecule has 5 nitrogen and oxygen atoms in total. The molecule has 1 saturated carbocycles. The molecule has 1 N–H and O–H groups in total. The molecule has 1 aliphatic heterocycles. The fourth-order valence-corrected chi connectivity index (χ4v) is 3.13. The number of benzene rings is 1. The summed E-state index contributed by atoms with van der Waals surface area (Å²) in [5.74, 6) is -0.700. The maximum absolute atomic E-state index is 11.9. The topological polar surface area (TPSA) is 66.8 Å². The lowest BCUT2D eigenvalue weighted by Gasteiger charge is -2.19. The van der Waals surface area contributed by atoms with Crippen molar-refractivity contribution in [1.29, 1.82) is 0 Å². The minimum Gasteiger partial charge on any atom is -0.481 e. The Balaban J connectivity index is 1.54. The second kappa shape index (κ2) is 5.25. The number of carboxylic acids is 1. The fraction of sp³-hybridized carbons (Fsp3) is 0.467. The lowest BCUT2D eigenvalue weighted by Crippen LogP contribution is -2.29. The molecule has 2 fully saturated rings. The lowest BCUT2D eigenvalue weighted by atomic mass is 10.2. The van der Waals surface area contributed by atoms with Gasteiger partial charge in [0.15, 0.2) is 0 Å². The van der Waals surface area contributed by atoms with Crippen LogP contribution in [0, 0.1) is 17.8 Å². The van der Waals surface area contributed by atoms with Crippen LogP contribution < -0.4 is 0 Å². The van der Waals surface area contributed by atoms with Crippen molar-refractivity contribution in [3.63, 3.8) is 0 Å². The standard InChI is InChI=1S/C15H17NO4/c17-14(18)13-11-6-8-16(9-7-12(11)13)20-15(19)10-4-2-1-3-5-10/h1-5,11-13H,6-9H2,(H,17,18)/t11-,12+,13+. The maximum atomic E-state index is 11.9. The van der Waals surface area contributed by atoms with Gasteiger partial charge in [0.25, 0.3) is 0 Å². The molecule has 0 spiro atoms. The number of rotatable bonds is 3. The zero-order valence-corrected chi connectivity index (χ0v) is 11.1. The summed E-state index contributed by atoms with van der Waals surface area (Å²) in [7, 11) is 0. The van der Waals surface area contributed by atoms with E-state index < -0.39 is 5.97 Å². The molecule has 1 heterocycles. The Bertz CT molecular complexity index is 502. The molecule has 1 saturated heterocycles. The van der Waals surface area contributed by atoms with E-state index >= 15 is 0 Å². The summed E-state index contributed by atoms with van der Waals surface area (Å²) >= 11 is 0. The summed E-state index contributed by atoms with van der Waals surface area (Å²) in [6, 6.07) is 8.88. The number of carboxylic acid groups (broad SMARTS) is 1. The molecule has 0 aromatic heterocycles. The molecule has 0 unspecified atom stereocenters. The quantitative estimate of drug-likeness (QED) is 0.911. The number of hydrogen-bond acceptors (Lipinski definition) is 4. The van der Waals surface area contributed by atoms with Gasteiger partial charge in [-0.05, 0) is 36.8 Å². The van der Waals surface area contributed by atoms with Crippen LogP contribution in [-0.4, -0.2) is 35.2 Å². The van der Waals surface area contributed by atoms with E-state index in [1.54, 1.807) is 29.3 Å². The lowest BCUT2D eigenvalue weighted by molar-refractivity contribution is -0.140. The van der Waals surface area contributed by atoms with Gasteiger partial charge in [0.2, 0.25) is 0 Å². The third kappa shape index (κ3) is 2.54. The van der Waals surface area contributed by atoms with Crippen LogP contribution in [0.1, 0.15) is 23.2 Å². The molecular weight excluding hydrogens is 258 g/mol. The average Bonchev–Trinajstić information content (AvgIpc) is 3.17. The van der Waals surface area contributed by atoms with Crippen LogP contribution >= 0.6 is 0 Å². The van der Waals surface area contributed by atoms with Crippen LogP contribution in [0.15, 0.2) is 30.3 Å². The Kier molecular flexibility index (Phi) is 3.44. The molecule has 5 heteroatoms. The van der Waals surface area contributed by atoms with Crippen molar-refractivity contribution in [3.8, 4) is 0 Å². The zero-order chi connectivity index (χ0) is 14.1. The van der Waals surface area contributed by atoms with Crippen molar-refractivity contribution in [2.45, 2.75) is 12.8 Å². The van der Waals surface area contributed by atoms with Crippen LogP contribution in [0.3, 0.4) is 0 Å². The van der Waals surface area contributed by atoms with E-state index in [-0.39, 0.29) is 23.7 Å². The Morgan fingerprint density at radius 1 is 1.10 bits per heavy atom. The first-order valence-electron chi connectivity index (χ1n) is 6.92. The highest BCUT2D eigenvalue weighted by molar-refractivity contribution is 5.89. The summed E-state index contributed by atoms with van der Waals surface area (Å²) in [5.41, 5.74) is 0.533. The van der Waals surface area contributed by atoms with Gasteiger partial charge < -0.3 is 9.94 Å². The van der Waals surface area contributed by atoms with Crippen molar-refractivity contribution in [2.24, 2.45) is 17.8 Å². The molecule has 0 radical (unpaired) electrons. The summed E-state index contributed by atoms with van der Waals surface area (Å²) in [4.78, 5) is 28.3. The second-order valence-corrected chi connectivity index (χ2v) is 5.44. The minimum absolute atomic E-state index is 0.179. The van der Waals surface area contributed by atoms with Gasteiger partial charge in [-0.25, -0.2) is 4.79 Å². The summed E-state index contributed by atoms with van der Waals surface area (Å²) < 4.78 is 0. The first-order chi connectivity index (χ1) is 9.66. The molecule has 1 aromatic carbocycles. The van der Waals surface area contributed by atoms with Crippen molar-refractivity contribution in [3.05, 3.63) is 35.9 Å². The largest absolute Gasteiger partial charge is 0.481 e. The first kappa shape index (κ1) is 13.1. The van der Waals surface area contributed by atoms with Gasteiger partial charge in [-0.2, -0.15) is 0 Å². The van der Waals surface area contributed by atoms with Crippen LogP contribution in [0.4, 0.5) is 0 Å². The molecule has 1 aromatic rings. The van der Waals surface area contributed by atoms with E-state index in [1.807, 2.05) is 6.07 Å². The van der Waals surface area contributed by atoms with Crippen LogP contribution in [0.5, 0.6) is 0 Å². The van der Waals surface area contributed by atoms with Crippen molar-refractivity contribution in [2.75, 3.05) is 13.1 Å². The van der Waals surface area contributed by atoms with Gasteiger partial charge in [-0.15, -0.1) is 5.06 Å². The maximum Gasteiger partial charge on any atom is 0.357 e. The molecule has 0 amide bonds. The number of aliphatic carboxylic acids is 1. The normalized spacial score (nSPS) is 29.1. The van der Waals surface area contributed by atoms with Gasteiger partial charge in [-0.1, -0.05) is 18.2 Å². The van der Waals surface area contributed by atoms with Gasteiger partial charge in [0.1, 0.15) is 0 Å². The number of hydroxylamine groups is 2. The molecule has 1 aliphatic carbocycles. The predicted molar refractivity (Wildman–Crippen MR) is 70.8 cm³/mol. The monoisotopic (exact) mass is 275 g/mol. The van der Waals surface area contributed by atoms with E-state index in [2.05, 4.69) is 0 Å². The number of nitrogens with zero attached hydrogens (tertiary/aromatic N) is 1. The van der Waals surface area contributed by atoms with Gasteiger partial charge in [-0.3, -0.25) is 4.79 Å². The van der Waals surface area contributed by atoms with E-state index in [9.17, 15) is 9.59 Å². The number of carbonyl (C=O) groups excluding carboxylic acids is 1. The van der Waals surface area contributed by atoms with E-state index in [1.165, 1.54) is 0 Å². The molecule has 0 bridgehead atoms. The van der Waals surface area contributed by atoms with Crippen molar-refractivity contribution >= 4 is 11.9 Å². The third-order valence-corrected chi connectivity index (χ3v) is 4.26. The average molecular weight is 275 g/mol. The van der Waals surface area contributed by atoms with Crippen molar-refractivity contribution in [1.82, 2.24) is 5.06 Å². The Morgan fingerprint density at radius 2 is 1.70 bits per heavy atom. The smallest absolute Gasteiger partial charge is 0.357 e. The molecule has 106 valence electrons. The number of hydrogen-bond donors (Lipinski definition) is 1. The van der Waals surface area contributed by atoms with Gasteiger partial charge in [0.05, 0.1) is 11.5 Å². The summed E-state index contributed by atoms with van der Waals surface area (Å²) in [5, 5.41) is 10.7. The van der Waals surface area contributed by atoms with Crippen molar-refractivity contribution < 1.29 is 19.5 Å². The zero-order valence-electron chi connectivity index (χ0n) is 11.1. The molecule has 2 aliphatic rings.